The normalized spacial score (nSPS) is 20.0. The number of benzene rings is 2. The fraction of sp³-hybridized carbons (Fsp3) is 0.158. The van der Waals surface area contributed by atoms with Crippen molar-refractivity contribution in [1.82, 2.24) is 10.2 Å². The zero-order chi connectivity index (χ0) is 14.7. The zero-order valence-corrected chi connectivity index (χ0v) is 12.2. The third-order valence-electron chi connectivity index (χ3n) is 4.92. The molecule has 3 aromatic rings. The molecule has 3 aliphatic rings. The van der Waals surface area contributed by atoms with E-state index >= 15 is 0 Å². The van der Waals surface area contributed by atoms with E-state index in [-0.39, 0.29) is 11.8 Å². The highest BCUT2D eigenvalue weighted by molar-refractivity contribution is 5.68. The molecule has 3 nitrogen and oxygen atoms in total. The summed E-state index contributed by atoms with van der Waals surface area (Å²) in [6, 6.07) is 17.4. The third-order valence-corrected chi connectivity index (χ3v) is 4.92. The van der Waals surface area contributed by atoms with Gasteiger partial charge in [0.25, 0.3) is 0 Å². The molecule has 106 valence electrons. The minimum absolute atomic E-state index is 0.192. The summed E-state index contributed by atoms with van der Waals surface area (Å²) in [4.78, 5) is 0. The molecular formula is C19H14N2O. The second-order valence-electron chi connectivity index (χ2n) is 5.85. The maximum atomic E-state index is 5.52. The number of rotatable bonds is 1. The first-order valence-corrected chi connectivity index (χ1v) is 7.47. The monoisotopic (exact) mass is 286 g/mol. The van der Waals surface area contributed by atoms with Crippen molar-refractivity contribution in [2.75, 3.05) is 7.11 Å². The van der Waals surface area contributed by atoms with Gasteiger partial charge in [-0.05, 0) is 27.8 Å². The lowest BCUT2D eigenvalue weighted by Crippen LogP contribution is -2.28. The van der Waals surface area contributed by atoms with Crippen molar-refractivity contribution < 1.29 is 4.74 Å². The molecule has 0 amide bonds. The van der Waals surface area contributed by atoms with Gasteiger partial charge < -0.3 is 4.74 Å². The lowest BCUT2D eigenvalue weighted by Gasteiger charge is -2.41. The number of aromatic nitrogens is 2. The number of methoxy groups -OCH3 is 1. The third kappa shape index (κ3) is 1.31. The van der Waals surface area contributed by atoms with Gasteiger partial charge in [-0.1, -0.05) is 48.5 Å². The van der Waals surface area contributed by atoms with E-state index in [1.807, 2.05) is 6.20 Å². The van der Waals surface area contributed by atoms with Crippen LogP contribution >= 0.6 is 0 Å². The van der Waals surface area contributed by atoms with Gasteiger partial charge in [-0.2, -0.15) is 5.10 Å². The van der Waals surface area contributed by atoms with E-state index < -0.39 is 0 Å². The minimum atomic E-state index is 0.192. The first-order valence-electron chi connectivity index (χ1n) is 7.47. The summed E-state index contributed by atoms with van der Waals surface area (Å²) in [5, 5.41) is 8.36. The molecule has 0 atom stereocenters. The Kier molecular flexibility index (Phi) is 2.26. The van der Waals surface area contributed by atoms with Crippen molar-refractivity contribution >= 4 is 0 Å². The smallest absolute Gasteiger partial charge is 0.237 e. The summed E-state index contributed by atoms with van der Waals surface area (Å²) >= 11 is 0. The molecule has 3 aliphatic carbocycles. The van der Waals surface area contributed by atoms with Gasteiger partial charge in [0.1, 0.15) is 0 Å². The van der Waals surface area contributed by atoms with Crippen molar-refractivity contribution in [3.8, 4) is 5.88 Å². The van der Waals surface area contributed by atoms with Crippen LogP contribution in [0.3, 0.4) is 0 Å². The average Bonchev–Trinajstić information content (AvgIpc) is 2.60. The predicted molar refractivity (Wildman–Crippen MR) is 83.4 cm³/mol. The van der Waals surface area contributed by atoms with E-state index in [1.54, 1.807) is 7.11 Å². The van der Waals surface area contributed by atoms with Crippen molar-refractivity contribution in [3.05, 3.63) is 88.1 Å². The molecular weight excluding hydrogens is 272 g/mol. The topological polar surface area (TPSA) is 35.0 Å². The molecule has 0 aliphatic heterocycles. The molecule has 0 N–H and O–H groups in total. The van der Waals surface area contributed by atoms with Crippen LogP contribution in [-0.2, 0) is 0 Å². The molecule has 0 unspecified atom stereocenters. The number of ether oxygens (including phenoxy) is 1. The molecule has 6 rings (SSSR count). The van der Waals surface area contributed by atoms with Crippen LogP contribution in [0.4, 0.5) is 0 Å². The van der Waals surface area contributed by atoms with Crippen LogP contribution in [0.5, 0.6) is 5.88 Å². The molecule has 22 heavy (non-hydrogen) atoms. The van der Waals surface area contributed by atoms with Crippen LogP contribution in [0.2, 0.25) is 0 Å². The maximum Gasteiger partial charge on any atom is 0.237 e. The van der Waals surface area contributed by atoms with Gasteiger partial charge in [0.05, 0.1) is 13.3 Å². The SMILES string of the molecule is COc1nncc2c1C1c3ccccc3C2c2ccccc21. The van der Waals surface area contributed by atoms with E-state index in [0.29, 0.717) is 5.88 Å². The zero-order valence-electron chi connectivity index (χ0n) is 12.2. The van der Waals surface area contributed by atoms with E-state index in [9.17, 15) is 0 Å². The molecule has 1 aromatic heterocycles. The Morgan fingerprint density at radius 2 is 1.32 bits per heavy atom. The minimum Gasteiger partial charge on any atom is -0.480 e. The standard InChI is InChI=1S/C19H14N2O/c1-22-19-18-15(10-20-21-19)16-11-6-2-4-8-13(11)17(18)14-9-5-3-7-12(14)16/h2-10,16-17H,1H3. The lowest BCUT2D eigenvalue weighted by atomic mass is 9.62. The lowest BCUT2D eigenvalue weighted by molar-refractivity contribution is 0.382. The fourth-order valence-electron chi connectivity index (χ4n) is 4.12. The van der Waals surface area contributed by atoms with Crippen molar-refractivity contribution in [3.63, 3.8) is 0 Å². The van der Waals surface area contributed by atoms with Gasteiger partial charge in [0.2, 0.25) is 5.88 Å². The van der Waals surface area contributed by atoms with Crippen molar-refractivity contribution in [1.29, 1.82) is 0 Å². The Morgan fingerprint density at radius 1 is 0.773 bits per heavy atom. The van der Waals surface area contributed by atoms with Gasteiger partial charge in [-0.15, -0.1) is 5.10 Å². The van der Waals surface area contributed by atoms with E-state index in [4.69, 9.17) is 4.74 Å². The first kappa shape index (κ1) is 11.9. The van der Waals surface area contributed by atoms with Crippen LogP contribution in [0.25, 0.3) is 0 Å². The Morgan fingerprint density at radius 3 is 1.86 bits per heavy atom. The summed E-state index contributed by atoms with van der Waals surface area (Å²) in [5.74, 6) is 1.08. The number of hydrogen-bond acceptors (Lipinski definition) is 3. The molecule has 0 radical (unpaired) electrons. The van der Waals surface area contributed by atoms with Crippen molar-refractivity contribution in [2.45, 2.75) is 11.8 Å². The molecule has 0 fully saturated rings. The molecule has 0 saturated heterocycles. The van der Waals surface area contributed by atoms with Gasteiger partial charge in [-0.3, -0.25) is 0 Å². The summed E-state index contributed by atoms with van der Waals surface area (Å²) in [6.07, 6.45) is 1.90. The van der Waals surface area contributed by atoms with Crippen molar-refractivity contribution in [2.24, 2.45) is 0 Å². The molecule has 1 heterocycles. The molecule has 0 spiro atoms. The Hall–Kier alpha value is -2.68. The van der Waals surface area contributed by atoms with Gasteiger partial charge in [0, 0.05) is 17.4 Å². The van der Waals surface area contributed by atoms with Gasteiger partial charge >= 0.3 is 0 Å². The Balaban J connectivity index is 1.92. The fourth-order valence-corrected chi connectivity index (χ4v) is 4.12. The maximum absolute atomic E-state index is 5.52. The summed E-state index contributed by atoms with van der Waals surface area (Å²) in [5.41, 5.74) is 7.91. The highest BCUT2D eigenvalue weighted by atomic mass is 16.5. The number of hydrogen-bond donors (Lipinski definition) is 0. The average molecular weight is 286 g/mol. The summed E-state index contributed by atoms with van der Waals surface area (Å²) < 4.78 is 5.52. The summed E-state index contributed by atoms with van der Waals surface area (Å²) in [7, 11) is 1.67. The van der Waals surface area contributed by atoms with Gasteiger partial charge in [-0.25, -0.2) is 0 Å². The summed E-state index contributed by atoms with van der Waals surface area (Å²) in [6.45, 7) is 0. The largest absolute Gasteiger partial charge is 0.480 e. The second-order valence-corrected chi connectivity index (χ2v) is 5.85. The molecule has 3 heteroatoms. The Labute approximate surface area is 128 Å². The highest BCUT2D eigenvalue weighted by Gasteiger charge is 2.43. The molecule has 0 saturated carbocycles. The van der Waals surface area contributed by atoms with Crippen LogP contribution in [0, 0.1) is 0 Å². The molecule has 2 bridgehead atoms. The van der Waals surface area contributed by atoms with E-state index in [0.717, 1.165) is 0 Å². The van der Waals surface area contributed by atoms with Crippen LogP contribution in [-0.4, -0.2) is 17.3 Å². The first-order chi connectivity index (χ1) is 10.9. The Bertz CT molecular complexity index is 856. The van der Waals surface area contributed by atoms with Crippen LogP contribution < -0.4 is 4.74 Å². The van der Waals surface area contributed by atoms with E-state index in [1.165, 1.54) is 33.4 Å². The van der Waals surface area contributed by atoms with Crippen LogP contribution in [0.15, 0.2) is 54.7 Å². The molecule has 2 aromatic carbocycles. The van der Waals surface area contributed by atoms with E-state index in [2.05, 4.69) is 58.7 Å². The predicted octanol–water partition coefficient (Wildman–Crippen LogP) is 3.47. The highest BCUT2D eigenvalue weighted by Crippen LogP contribution is 2.56. The second kappa shape index (κ2) is 4.17. The number of nitrogens with zero attached hydrogens (tertiary/aromatic N) is 2. The van der Waals surface area contributed by atoms with Gasteiger partial charge in [0.15, 0.2) is 0 Å². The quantitative estimate of drug-likeness (QED) is 0.473. The van der Waals surface area contributed by atoms with Crippen LogP contribution in [0.1, 0.15) is 45.2 Å².